The predicted octanol–water partition coefficient (Wildman–Crippen LogP) is 2.56. The van der Waals surface area contributed by atoms with Crippen molar-refractivity contribution in [1.82, 2.24) is 4.72 Å². The maximum Gasteiger partial charge on any atom is 0.213 e. The van der Waals surface area contributed by atoms with Crippen LogP contribution in [0.2, 0.25) is 5.02 Å². The summed E-state index contributed by atoms with van der Waals surface area (Å²) in [4.78, 5) is 0. The summed E-state index contributed by atoms with van der Waals surface area (Å²) >= 11 is 11.1. The Hall–Kier alpha value is -0.290. The molecule has 0 saturated carbocycles. The number of sulfonamides is 1. The van der Waals surface area contributed by atoms with Gasteiger partial charge in [-0.25, -0.2) is 13.1 Å². The first-order valence-electron chi connectivity index (χ1n) is 4.76. The van der Waals surface area contributed by atoms with Crippen LogP contribution in [0.1, 0.15) is 18.5 Å². The standard InChI is InChI=1S/C10H13Cl2NO2S/c1-8(13-16(14,15)7-6-11)9-2-4-10(12)5-3-9/h2-5,8,13H,6-7H2,1H3/t8-/m0/s1. The first-order valence-corrected chi connectivity index (χ1v) is 7.32. The molecule has 0 unspecified atom stereocenters. The average molecular weight is 282 g/mol. The van der Waals surface area contributed by atoms with E-state index in [0.717, 1.165) is 5.56 Å². The summed E-state index contributed by atoms with van der Waals surface area (Å²) in [5, 5.41) is 0.625. The second kappa shape index (κ2) is 5.87. The van der Waals surface area contributed by atoms with Crippen molar-refractivity contribution in [2.24, 2.45) is 0 Å². The number of nitrogens with one attached hydrogen (secondary N) is 1. The lowest BCUT2D eigenvalue weighted by Crippen LogP contribution is -2.29. The number of halogens is 2. The summed E-state index contributed by atoms with van der Waals surface area (Å²) in [5.74, 6) is 0.00908. The van der Waals surface area contributed by atoms with Gasteiger partial charge in [-0.05, 0) is 24.6 Å². The molecule has 3 nitrogen and oxygen atoms in total. The fourth-order valence-electron chi connectivity index (χ4n) is 1.25. The first-order chi connectivity index (χ1) is 7.44. The third kappa shape index (κ3) is 4.29. The van der Waals surface area contributed by atoms with Gasteiger partial charge in [-0.3, -0.25) is 0 Å². The van der Waals surface area contributed by atoms with Crippen molar-refractivity contribution in [3.8, 4) is 0 Å². The Morgan fingerprint density at radius 3 is 2.38 bits per heavy atom. The molecule has 0 aliphatic rings. The Labute approximate surface area is 106 Å². The topological polar surface area (TPSA) is 46.2 Å². The van der Waals surface area contributed by atoms with Crippen molar-refractivity contribution in [2.45, 2.75) is 13.0 Å². The van der Waals surface area contributed by atoms with Crippen LogP contribution in [0.15, 0.2) is 24.3 Å². The van der Waals surface area contributed by atoms with E-state index in [-0.39, 0.29) is 17.7 Å². The lowest BCUT2D eigenvalue weighted by Gasteiger charge is -2.14. The molecular formula is C10H13Cl2NO2S. The lowest BCUT2D eigenvalue weighted by molar-refractivity contribution is 0.568. The van der Waals surface area contributed by atoms with Crippen LogP contribution in [-0.4, -0.2) is 20.1 Å². The minimum atomic E-state index is -3.30. The minimum Gasteiger partial charge on any atom is -0.212 e. The third-order valence-electron chi connectivity index (χ3n) is 2.07. The van der Waals surface area contributed by atoms with Gasteiger partial charge in [0.25, 0.3) is 0 Å². The van der Waals surface area contributed by atoms with Gasteiger partial charge in [-0.15, -0.1) is 11.6 Å². The molecular weight excluding hydrogens is 269 g/mol. The Bertz CT molecular complexity index is 431. The van der Waals surface area contributed by atoms with Crippen molar-refractivity contribution in [3.63, 3.8) is 0 Å². The number of benzene rings is 1. The predicted molar refractivity (Wildman–Crippen MR) is 67.5 cm³/mol. The largest absolute Gasteiger partial charge is 0.213 e. The second-order valence-electron chi connectivity index (χ2n) is 3.40. The van der Waals surface area contributed by atoms with E-state index in [9.17, 15) is 8.42 Å². The minimum absolute atomic E-state index is 0.0769. The Morgan fingerprint density at radius 2 is 1.88 bits per heavy atom. The van der Waals surface area contributed by atoms with Crippen LogP contribution in [0.5, 0.6) is 0 Å². The zero-order chi connectivity index (χ0) is 12.2. The van der Waals surface area contributed by atoms with Gasteiger partial charge >= 0.3 is 0 Å². The maximum absolute atomic E-state index is 11.5. The zero-order valence-corrected chi connectivity index (χ0v) is 11.1. The van der Waals surface area contributed by atoms with Crippen molar-refractivity contribution >= 4 is 33.2 Å². The molecule has 1 aromatic carbocycles. The molecule has 0 aliphatic carbocycles. The second-order valence-corrected chi connectivity index (χ2v) is 6.09. The van der Waals surface area contributed by atoms with E-state index in [1.807, 2.05) is 0 Å². The van der Waals surface area contributed by atoms with Crippen LogP contribution in [0, 0.1) is 0 Å². The molecule has 0 fully saturated rings. The molecule has 1 N–H and O–H groups in total. The molecule has 0 amide bonds. The van der Waals surface area contributed by atoms with Crippen molar-refractivity contribution in [1.29, 1.82) is 0 Å². The molecule has 6 heteroatoms. The van der Waals surface area contributed by atoms with Gasteiger partial charge in [0, 0.05) is 16.9 Å². The van der Waals surface area contributed by atoms with Crippen LogP contribution >= 0.6 is 23.2 Å². The number of hydrogen-bond acceptors (Lipinski definition) is 2. The first kappa shape index (κ1) is 13.8. The van der Waals surface area contributed by atoms with Gasteiger partial charge < -0.3 is 0 Å². The van der Waals surface area contributed by atoms with Gasteiger partial charge in [-0.1, -0.05) is 23.7 Å². The monoisotopic (exact) mass is 281 g/mol. The Kier molecular flexibility index (Phi) is 5.05. The summed E-state index contributed by atoms with van der Waals surface area (Å²) in [6.07, 6.45) is 0. The third-order valence-corrected chi connectivity index (χ3v) is 4.19. The summed E-state index contributed by atoms with van der Waals surface area (Å²) < 4.78 is 25.5. The van der Waals surface area contributed by atoms with E-state index in [1.165, 1.54) is 0 Å². The van der Waals surface area contributed by atoms with Gasteiger partial charge in [0.1, 0.15) is 0 Å². The summed E-state index contributed by atoms with van der Waals surface area (Å²) in [6.45, 7) is 1.77. The average Bonchev–Trinajstić information content (AvgIpc) is 2.17. The van der Waals surface area contributed by atoms with Crippen molar-refractivity contribution in [3.05, 3.63) is 34.9 Å². The molecule has 1 rings (SSSR count). The van der Waals surface area contributed by atoms with E-state index in [2.05, 4.69) is 4.72 Å². The molecule has 0 radical (unpaired) electrons. The fourth-order valence-corrected chi connectivity index (χ4v) is 2.98. The highest BCUT2D eigenvalue weighted by Gasteiger charge is 2.14. The zero-order valence-electron chi connectivity index (χ0n) is 8.78. The highest BCUT2D eigenvalue weighted by atomic mass is 35.5. The molecule has 0 heterocycles. The summed E-state index contributed by atoms with van der Waals surface area (Å²) in [5.41, 5.74) is 0.863. The van der Waals surface area contributed by atoms with Crippen LogP contribution in [0.25, 0.3) is 0 Å². The van der Waals surface area contributed by atoms with E-state index in [4.69, 9.17) is 23.2 Å². The lowest BCUT2D eigenvalue weighted by atomic mass is 10.1. The van der Waals surface area contributed by atoms with Gasteiger partial charge in [0.2, 0.25) is 10.0 Å². The molecule has 0 spiro atoms. The number of rotatable bonds is 5. The van der Waals surface area contributed by atoms with Crippen LogP contribution in [-0.2, 0) is 10.0 Å². The van der Waals surface area contributed by atoms with Crippen LogP contribution < -0.4 is 4.72 Å². The van der Waals surface area contributed by atoms with E-state index in [0.29, 0.717) is 5.02 Å². The molecule has 0 saturated heterocycles. The van der Waals surface area contributed by atoms with E-state index in [1.54, 1.807) is 31.2 Å². The van der Waals surface area contributed by atoms with Crippen LogP contribution in [0.4, 0.5) is 0 Å². The Morgan fingerprint density at radius 1 is 1.31 bits per heavy atom. The summed E-state index contributed by atoms with van der Waals surface area (Å²) in [6, 6.07) is 6.74. The fraction of sp³-hybridized carbons (Fsp3) is 0.400. The highest BCUT2D eigenvalue weighted by molar-refractivity contribution is 7.89. The number of hydrogen-bond donors (Lipinski definition) is 1. The molecule has 0 bridgehead atoms. The molecule has 90 valence electrons. The molecule has 16 heavy (non-hydrogen) atoms. The van der Waals surface area contributed by atoms with Gasteiger partial charge in [0.15, 0.2) is 0 Å². The van der Waals surface area contributed by atoms with Gasteiger partial charge in [0.05, 0.1) is 5.75 Å². The van der Waals surface area contributed by atoms with Crippen molar-refractivity contribution < 1.29 is 8.42 Å². The van der Waals surface area contributed by atoms with Gasteiger partial charge in [-0.2, -0.15) is 0 Å². The highest BCUT2D eigenvalue weighted by Crippen LogP contribution is 2.16. The normalized spacial score (nSPS) is 13.7. The maximum atomic E-state index is 11.5. The quantitative estimate of drug-likeness (QED) is 0.844. The van der Waals surface area contributed by atoms with Crippen LogP contribution in [0.3, 0.4) is 0 Å². The molecule has 1 aromatic rings. The van der Waals surface area contributed by atoms with E-state index >= 15 is 0 Å². The van der Waals surface area contributed by atoms with E-state index < -0.39 is 10.0 Å². The molecule has 0 aromatic heterocycles. The Balaban J connectivity index is 2.72. The van der Waals surface area contributed by atoms with Crippen molar-refractivity contribution in [2.75, 3.05) is 11.6 Å². The molecule has 0 aliphatic heterocycles. The molecule has 1 atom stereocenters. The number of alkyl halides is 1. The SMILES string of the molecule is C[C@H](NS(=O)(=O)CCCl)c1ccc(Cl)cc1. The smallest absolute Gasteiger partial charge is 0.212 e. The summed E-state index contributed by atoms with van der Waals surface area (Å²) in [7, 11) is -3.30.